The number of allylic oxidation sites excluding steroid dienone is 2. The SMILES string of the molecule is CN(Cc1ccc(OC(F)F)cc1)C(=O)C1CC=CCC1. The van der Waals surface area contributed by atoms with Gasteiger partial charge in [0.15, 0.2) is 0 Å². The van der Waals surface area contributed by atoms with Crippen LogP contribution in [0.15, 0.2) is 36.4 Å². The van der Waals surface area contributed by atoms with Crippen LogP contribution in [0, 0.1) is 5.92 Å². The van der Waals surface area contributed by atoms with Crippen molar-refractivity contribution in [3.05, 3.63) is 42.0 Å². The fourth-order valence-electron chi connectivity index (χ4n) is 2.46. The van der Waals surface area contributed by atoms with Crippen LogP contribution in [0.2, 0.25) is 0 Å². The summed E-state index contributed by atoms with van der Waals surface area (Å²) < 4.78 is 28.4. The number of carbonyl (C=O) groups is 1. The molecule has 1 aromatic rings. The highest BCUT2D eigenvalue weighted by Crippen LogP contribution is 2.21. The maximum Gasteiger partial charge on any atom is 0.387 e. The third-order valence-electron chi connectivity index (χ3n) is 3.56. The lowest BCUT2D eigenvalue weighted by molar-refractivity contribution is -0.135. The van der Waals surface area contributed by atoms with E-state index in [1.807, 2.05) is 0 Å². The van der Waals surface area contributed by atoms with Crippen molar-refractivity contribution in [3.63, 3.8) is 0 Å². The first-order valence-electron chi connectivity index (χ1n) is 7.00. The molecule has 0 fully saturated rings. The van der Waals surface area contributed by atoms with Crippen molar-refractivity contribution < 1.29 is 18.3 Å². The van der Waals surface area contributed by atoms with Gasteiger partial charge in [0, 0.05) is 19.5 Å². The number of benzene rings is 1. The molecule has 0 aliphatic heterocycles. The Hall–Kier alpha value is -1.91. The van der Waals surface area contributed by atoms with Crippen LogP contribution in [0.25, 0.3) is 0 Å². The molecule has 1 aliphatic rings. The molecule has 0 radical (unpaired) electrons. The lowest BCUT2D eigenvalue weighted by Crippen LogP contribution is -2.32. The Bertz CT molecular complexity index is 500. The lowest BCUT2D eigenvalue weighted by Gasteiger charge is -2.24. The van der Waals surface area contributed by atoms with Crippen LogP contribution in [-0.2, 0) is 11.3 Å². The summed E-state index contributed by atoms with van der Waals surface area (Å²) in [5.41, 5.74) is 0.888. The first-order valence-corrected chi connectivity index (χ1v) is 7.00. The van der Waals surface area contributed by atoms with Crippen LogP contribution >= 0.6 is 0 Å². The molecule has 3 nitrogen and oxygen atoms in total. The van der Waals surface area contributed by atoms with Crippen LogP contribution in [-0.4, -0.2) is 24.5 Å². The van der Waals surface area contributed by atoms with Gasteiger partial charge in [-0.25, -0.2) is 0 Å². The van der Waals surface area contributed by atoms with Gasteiger partial charge in [0.2, 0.25) is 5.91 Å². The zero-order valence-corrected chi connectivity index (χ0v) is 12.0. The summed E-state index contributed by atoms with van der Waals surface area (Å²) in [6.07, 6.45) is 6.79. The molecule has 21 heavy (non-hydrogen) atoms. The monoisotopic (exact) mass is 295 g/mol. The second kappa shape index (κ2) is 7.20. The van der Waals surface area contributed by atoms with Crippen LogP contribution in [0.3, 0.4) is 0 Å². The lowest BCUT2D eigenvalue weighted by atomic mass is 9.93. The largest absolute Gasteiger partial charge is 0.435 e. The molecule has 1 aliphatic carbocycles. The first kappa shape index (κ1) is 15.5. The van der Waals surface area contributed by atoms with E-state index in [4.69, 9.17) is 0 Å². The molecule has 1 aromatic carbocycles. The number of hydrogen-bond donors (Lipinski definition) is 0. The van der Waals surface area contributed by atoms with Gasteiger partial charge in [0.1, 0.15) is 5.75 Å². The molecule has 0 N–H and O–H groups in total. The topological polar surface area (TPSA) is 29.5 Å². The Labute approximate surface area is 123 Å². The van der Waals surface area contributed by atoms with Gasteiger partial charge in [-0.15, -0.1) is 0 Å². The molecule has 5 heteroatoms. The molecule has 114 valence electrons. The van der Waals surface area contributed by atoms with E-state index < -0.39 is 6.61 Å². The minimum atomic E-state index is -2.82. The molecule has 0 saturated carbocycles. The number of amides is 1. The summed E-state index contributed by atoms with van der Waals surface area (Å²) in [6.45, 7) is -2.35. The first-order chi connectivity index (χ1) is 10.1. The Morgan fingerprint density at radius 1 is 1.33 bits per heavy atom. The van der Waals surface area contributed by atoms with Crippen molar-refractivity contribution in [2.75, 3.05) is 7.05 Å². The molecule has 1 amide bonds. The number of halogens is 2. The van der Waals surface area contributed by atoms with Crippen molar-refractivity contribution >= 4 is 5.91 Å². The smallest absolute Gasteiger partial charge is 0.387 e. The predicted molar refractivity (Wildman–Crippen MR) is 76.0 cm³/mol. The molecule has 1 atom stereocenters. The average Bonchev–Trinajstić information content (AvgIpc) is 2.49. The molecular formula is C16H19F2NO2. The zero-order chi connectivity index (χ0) is 15.2. The Kier molecular flexibility index (Phi) is 5.31. The molecule has 0 bridgehead atoms. The molecular weight excluding hydrogens is 276 g/mol. The molecule has 2 rings (SSSR count). The molecule has 1 unspecified atom stereocenters. The fourth-order valence-corrected chi connectivity index (χ4v) is 2.46. The van der Waals surface area contributed by atoms with E-state index in [0.717, 1.165) is 24.8 Å². The van der Waals surface area contributed by atoms with E-state index >= 15 is 0 Å². The number of ether oxygens (including phenoxy) is 1. The van der Waals surface area contributed by atoms with E-state index in [1.165, 1.54) is 12.1 Å². The second-order valence-corrected chi connectivity index (χ2v) is 5.20. The molecule has 0 saturated heterocycles. The van der Waals surface area contributed by atoms with E-state index in [2.05, 4.69) is 16.9 Å². The van der Waals surface area contributed by atoms with Gasteiger partial charge >= 0.3 is 6.61 Å². The number of alkyl halides is 2. The number of hydrogen-bond acceptors (Lipinski definition) is 2. The minimum Gasteiger partial charge on any atom is -0.435 e. The highest BCUT2D eigenvalue weighted by molar-refractivity contribution is 5.78. The van der Waals surface area contributed by atoms with Gasteiger partial charge in [0.05, 0.1) is 0 Å². The minimum absolute atomic E-state index is 0.0569. The van der Waals surface area contributed by atoms with Gasteiger partial charge in [-0.1, -0.05) is 24.3 Å². The van der Waals surface area contributed by atoms with Gasteiger partial charge < -0.3 is 9.64 Å². The summed E-state index contributed by atoms with van der Waals surface area (Å²) in [6, 6.07) is 6.37. The van der Waals surface area contributed by atoms with Gasteiger partial charge in [0.25, 0.3) is 0 Å². The zero-order valence-electron chi connectivity index (χ0n) is 12.0. The third-order valence-corrected chi connectivity index (χ3v) is 3.56. The maximum atomic E-state index is 12.3. The summed E-state index contributed by atoms with van der Waals surface area (Å²) in [4.78, 5) is 14.0. The highest BCUT2D eigenvalue weighted by Gasteiger charge is 2.22. The number of carbonyl (C=O) groups excluding carboxylic acids is 1. The maximum absolute atomic E-state index is 12.3. The quantitative estimate of drug-likeness (QED) is 0.777. The van der Waals surface area contributed by atoms with Crippen molar-refractivity contribution in [2.45, 2.75) is 32.4 Å². The van der Waals surface area contributed by atoms with Gasteiger partial charge in [-0.2, -0.15) is 8.78 Å². The van der Waals surface area contributed by atoms with Crippen LogP contribution in [0.1, 0.15) is 24.8 Å². The molecule has 0 spiro atoms. The van der Waals surface area contributed by atoms with Gasteiger partial charge in [-0.3, -0.25) is 4.79 Å². The Morgan fingerprint density at radius 2 is 2.05 bits per heavy atom. The highest BCUT2D eigenvalue weighted by atomic mass is 19.3. The van der Waals surface area contributed by atoms with E-state index in [0.29, 0.717) is 6.54 Å². The summed E-state index contributed by atoms with van der Waals surface area (Å²) >= 11 is 0. The van der Waals surface area contributed by atoms with E-state index in [-0.39, 0.29) is 17.6 Å². The van der Waals surface area contributed by atoms with Crippen LogP contribution < -0.4 is 4.74 Å². The normalized spacial score (nSPS) is 17.8. The summed E-state index contributed by atoms with van der Waals surface area (Å²) in [5.74, 6) is 0.314. The van der Waals surface area contributed by atoms with Crippen molar-refractivity contribution in [3.8, 4) is 5.75 Å². The van der Waals surface area contributed by atoms with Crippen LogP contribution in [0.4, 0.5) is 8.78 Å². The number of rotatable bonds is 5. The third kappa shape index (κ3) is 4.55. The number of nitrogens with zero attached hydrogens (tertiary/aromatic N) is 1. The second-order valence-electron chi connectivity index (χ2n) is 5.20. The van der Waals surface area contributed by atoms with Crippen molar-refractivity contribution in [1.82, 2.24) is 4.90 Å². The summed E-state index contributed by atoms with van der Waals surface area (Å²) in [7, 11) is 1.77. The van der Waals surface area contributed by atoms with Crippen molar-refractivity contribution in [2.24, 2.45) is 5.92 Å². The molecule has 0 heterocycles. The predicted octanol–water partition coefficient (Wildman–Crippen LogP) is 3.60. The Balaban J connectivity index is 1.91. The fraction of sp³-hybridized carbons (Fsp3) is 0.438. The Morgan fingerprint density at radius 3 is 2.62 bits per heavy atom. The average molecular weight is 295 g/mol. The van der Waals surface area contributed by atoms with Crippen molar-refractivity contribution in [1.29, 1.82) is 0 Å². The standard InChI is InChI=1S/C16H19F2NO2/c1-19(15(20)13-5-3-2-4-6-13)11-12-7-9-14(10-8-12)21-16(17)18/h2-3,7-10,13,16H,4-6,11H2,1H3. The molecule has 0 aromatic heterocycles. The van der Waals surface area contributed by atoms with Gasteiger partial charge in [-0.05, 0) is 37.0 Å². The summed E-state index contributed by atoms with van der Waals surface area (Å²) in [5, 5.41) is 0. The van der Waals surface area contributed by atoms with E-state index in [1.54, 1.807) is 24.1 Å². The van der Waals surface area contributed by atoms with E-state index in [9.17, 15) is 13.6 Å². The van der Waals surface area contributed by atoms with Crippen LogP contribution in [0.5, 0.6) is 5.75 Å².